The van der Waals surface area contributed by atoms with Gasteiger partial charge in [0.2, 0.25) is 0 Å². The molecule has 1 amide bonds. The second-order valence-corrected chi connectivity index (χ2v) is 6.05. The summed E-state index contributed by atoms with van der Waals surface area (Å²) in [6, 6.07) is 18.8. The first-order valence-electron chi connectivity index (χ1n) is 7.39. The average Bonchev–Trinajstić information content (AvgIpc) is 3.04. The molecule has 0 aliphatic carbocycles. The number of carbonyl (C=O) groups excluding carboxylic acids is 1. The van der Waals surface area contributed by atoms with E-state index in [1.807, 2.05) is 55.5 Å². The van der Waals surface area contributed by atoms with E-state index in [0.29, 0.717) is 11.3 Å². The molecule has 3 rings (SSSR count). The van der Waals surface area contributed by atoms with Gasteiger partial charge in [-0.15, -0.1) is 0 Å². The molecule has 1 heterocycles. The third kappa shape index (κ3) is 3.63. The number of aryl methyl sites for hydroxylation is 1. The van der Waals surface area contributed by atoms with Crippen molar-refractivity contribution in [3.63, 3.8) is 0 Å². The van der Waals surface area contributed by atoms with E-state index in [9.17, 15) is 4.79 Å². The molecule has 2 aromatic carbocycles. The third-order valence-corrected chi connectivity index (χ3v) is 4.21. The van der Waals surface area contributed by atoms with Crippen molar-refractivity contribution < 1.29 is 9.21 Å². The predicted octanol–water partition coefficient (Wildman–Crippen LogP) is 4.78. The summed E-state index contributed by atoms with van der Waals surface area (Å²) in [6.45, 7) is 1.88. The average molecular weight is 383 g/mol. The maximum absolute atomic E-state index is 12.1. The molecule has 0 unspecified atom stereocenters. The fraction of sp³-hybridized carbons (Fsp3) is 0.0526. The van der Waals surface area contributed by atoms with E-state index in [-0.39, 0.29) is 5.91 Å². The van der Waals surface area contributed by atoms with Gasteiger partial charge >= 0.3 is 0 Å². The molecule has 0 spiro atoms. The summed E-state index contributed by atoms with van der Waals surface area (Å²) in [5.74, 6) is 1.04. The lowest BCUT2D eigenvalue weighted by atomic mass is 10.1. The maximum Gasteiger partial charge on any atom is 0.271 e. The Balaban J connectivity index is 1.69. The smallest absolute Gasteiger partial charge is 0.271 e. The Kier molecular flexibility index (Phi) is 4.91. The molecule has 1 aromatic heterocycles. The number of hydrogen-bond donors (Lipinski definition) is 1. The topological polar surface area (TPSA) is 54.6 Å². The fourth-order valence-corrected chi connectivity index (χ4v) is 2.75. The normalized spacial score (nSPS) is 10.9. The molecular weight excluding hydrogens is 368 g/mol. The second kappa shape index (κ2) is 7.27. The molecule has 5 heteroatoms. The number of rotatable bonds is 4. The summed E-state index contributed by atoms with van der Waals surface area (Å²) >= 11 is 3.50. The molecule has 0 aliphatic heterocycles. The molecule has 0 fully saturated rings. The van der Waals surface area contributed by atoms with E-state index in [1.54, 1.807) is 12.1 Å². The van der Waals surface area contributed by atoms with Gasteiger partial charge < -0.3 is 4.42 Å². The number of carbonyl (C=O) groups is 1. The minimum atomic E-state index is -0.248. The molecule has 120 valence electrons. The van der Waals surface area contributed by atoms with Crippen molar-refractivity contribution in [1.29, 1.82) is 0 Å². The van der Waals surface area contributed by atoms with E-state index in [2.05, 4.69) is 26.5 Å². The third-order valence-electron chi connectivity index (χ3n) is 3.51. The van der Waals surface area contributed by atoms with E-state index in [4.69, 9.17) is 4.42 Å². The van der Waals surface area contributed by atoms with Crippen molar-refractivity contribution in [2.45, 2.75) is 6.92 Å². The first-order valence-corrected chi connectivity index (χ1v) is 8.18. The van der Waals surface area contributed by atoms with Crippen LogP contribution >= 0.6 is 15.9 Å². The highest BCUT2D eigenvalue weighted by atomic mass is 79.9. The van der Waals surface area contributed by atoms with E-state index >= 15 is 0 Å². The zero-order valence-corrected chi connectivity index (χ0v) is 14.6. The second-order valence-electron chi connectivity index (χ2n) is 5.20. The standard InChI is InChI=1S/C19H15BrN2O2/c1-13-6-2-3-7-15(13)19(23)22-21-12-14-10-11-18(24-14)16-8-4-5-9-17(16)20/h2-12H,1H3,(H,22,23)/b21-12-. The lowest BCUT2D eigenvalue weighted by Crippen LogP contribution is -2.18. The molecular formula is C19H15BrN2O2. The first kappa shape index (κ1) is 16.2. The minimum absolute atomic E-state index is 0.248. The fourth-order valence-electron chi connectivity index (χ4n) is 2.27. The van der Waals surface area contributed by atoms with Crippen LogP contribution in [0, 0.1) is 6.92 Å². The molecule has 0 atom stereocenters. The van der Waals surface area contributed by atoms with Crippen LogP contribution in [0.3, 0.4) is 0 Å². The molecule has 0 saturated heterocycles. The number of amides is 1. The lowest BCUT2D eigenvalue weighted by Gasteiger charge is -2.02. The van der Waals surface area contributed by atoms with Gasteiger partial charge in [0.05, 0.1) is 6.21 Å². The highest BCUT2D eigenvalue weighted by molar-refractivity contribution is 9.10. The first-order chi connectivity index (χ1) is 11.6. The highest BCUT2D eigenvalue weighted by Crippen LogP contribution is 2.28. The molecule has 24 heavy (non-hydrogen) atoms. The number of nitrogens with zero attached hydrogens (tertiary/aromatic N) is 1. The van der Waals surface area contributed by atoms with Crippen molar-refractivity contribution in [2.75, 3.05) is 0 Å². The van der Waals surface area contributed by atoms with E-state index in [1.165, 1.54) is 6.21 Å². The van der Waals surface area contributed by atoms with Gasteiger partial charge in [0, 0.05) is 15.6 Å². The molecule has 0 bridgehead atoms. The predicted molar refractivity (Wildman–Crippen MR) is 98.1 cm³/mol. The summed E-state index contributed by atoms with van der Waals surface area (Å²) in [7, 11) is 0. The summed E-state index contributed by atoms with van der Waals surface area (Å²) in [5, 5.41) is 3.96. The van der Waals surface area contributed by atoms with Crippen LogP contribution in [0.1, 0.15) is 21.7 Å². The molecule has 0 radical (unpaired) electrons. The van der Waals surface area contributed by atoms with Crippen LogP contribution in [-0.4, -0.2) is 12.1 Å². The maximum atomic E-state index is 12.1. The summed E-state index contributed by atoms with van der Waals surface area (Å²) in [6.07, 6.45) is 1.48. The Morgan fingerprint density at radius 1 is 1.08 bits per heavy atom. The van der Waals surface area contributed by atoms with Gasteiger partial charge in [-0.3, -0.25) is 4.79 Å². The summed E-state index contributed by atoms with van der Waals surface area (Å²) in [5.41, 5.74) is 4.97. The molecule has 3 aromatic rings. The Morgan fingerprint density at radius 2 is 1.83 bits per heavy atom. The summed E-state index contributed by atoms with van der Waals surface area (Å²) in [4.78, 5) is 12.1. The monoisotopic (exact) mass is 382 g/mol. The van der Waals surface area contributed by atoms with Crippen molar-refractivity contribution in [3.8, 4) is 11.3 Å². The van der Waals surface area contributed by atoms with Crippen LogP contribution in [0.25, 0.3) is 11.3 Å². The van der Waals surface area contributed by atoms with Gasteiger partial charge in [0.1, 0.15) is 11.5 Å². The number of furan rings is 1. The zero-order chi connectivity index (χ0) is 16.9. The van der Waals surface area contributed by atoms with E-state index < -0.39 is 0 Å². The minimum Gasteiger partial charge on any atom is -0.455 e. The van der Waals surface area contributed by atoms with Gasteiger partial charge in [-0.2, -0.15) is 5.10 Å². The van der Waals surface area contributed by atoms with Gasteiger partial charge in [0.25, 0.3) is 5.91 Å². The highest BCUT2D eigenvalue weighted by Gasteiger charge is 2.08. The van der Waals surface area contributed by atoms with Gasteiger partial charge in [-0.05, 0) is 36.8 Å². The van der Waals surface area contributed by atoms with Crippen molar-refractivity contribution in [1.82, 2.24) is 5.43 Å². The van der Waals surface area contributed by atoms with Crippen LogP contribution in [0.15, 0.2) is 74.7 Å². The Morgan fingerprint density at radius 3 is 2.62 bits per heavy atom. The summed E-state index contributed by atoms with van der Waals surface area (Å²) < 4.78 is 6.69. The van der Waals surface area contributed by atoms with Crippen molar-refractivity contribution >= 4 is 28.1 Å². The van der Waals surface area contributed by atoms with Crippen LogP contribution in [-0.2, 0) is 0 Å². The molecule has 0 saturated carbocycles. The molecule has 4 nitrogen and oxygen atoms in total. The molecule has 1 N–H and O–H groups in total. The Bertz CT molecular complexity index is 900. The Hall–Kier alpha value is -2.66. The Labute approximate surface area is 148 Å². The van der Waals surface area contributed by atoms with Gasteiger partial charge in [-0.1, -0.05) is 52.3 Å². The van der Waals surface area contributed by atoms with Gasteiger partial charge in [0.15, 0.2) is 0 Å². The zero-order valence-electron chi connectivity index (χ0n) is 13.0. The number of hydrazone groups is 1. The van der Waals surface area contributed by atoms with Crippen LogP contribution in [0.2, 0.25) is 0 Å². The van der Waals surface area contributed by atoms with E-state index in [0.717, 1.165) is 21.4 Å². The lowest BCUT2D eigenvalue weighted by molar-refractivity contribution is 0.0954. The van der Waals surface area contributed by atoms with Crippen LogP contribution in [0.5, 0.6) is 0 Å². The number of halogens is 1. The number of hydrogen-bond acceptors (Lipinski definition) is 3. The van der Waals surface area contributed by atoms with Gasteiger partial charge in [-0.25, -0.2) is 5.43 Å². The van der Waals surface area contributed by atoms with Crippen LogP contribution in [0.4, 0.5) is 0 Å². The largest absolute Gasteiger partial charge is 0.455 e. The van der Waals surface area contributed by atoms with Crippen LogP contribution < -0.4 is 5.43 Å². The quantitative estimate of drug-likeness (QED) is 0.521. The van der Waals surface area contributed by atoms with Crippen molar-refractivity contribution in [3.05, 3.63) is 82.0 Å². The number of benzene rings is 2. The SMILES string of the molecule is Cc1ccccc1C(=O)N/N=C\c1ccc(-c2ccccc2Br)o1. The van der Waals surface area contributed by atoms with Crippen molar-refractivity contribution in [2.24, 2.45) is 5.10 Å². The number of nitrogens with one attached hydrogen (secondary N) is 1. The molecule has 0 aliphatic rings.